The quantitative estimate of drug-likeness (QED) is 0.733. The van der Waals surface area contributed by atoms with Gasteiger partial charge in [0.25, 0.3) is 11.8 Å². The van der Waals surface area contributed by atoms with Crippen LogP contribution in [0.15, 0.2) is 46.9 Å². The lowest BCUT2D eigenvalue weighted by Gasteiger charge is -2.09. The van der Waals surface area contributed by atoms with Crippen molar-refractivity contribution in [3.05, 3.63) is 63.9 Å². The third-order valence-electron chi connectivity index (χ3n) is 3.03. The van der Waals surface area contributed by atoms with Crippen molar-refractivity contribution in [3.8, 4) is 0 Å². The van der Waals surface area contributed by atoms with E-state index in [1.165, 1.54) is 36.4 Å². The summed E-state index contributed by atoms with van der Waals surface area (Å²) < 4.78 is 50.4. The normalized spacial score (nSPS) is 11.1. The summed E-state index contributed by atoms with van der Waals surface area (Å²) in [4.78, 5) is 23.6. The van der Waals surface area contributed by atoms with Crippen LogP contribution in [0.25, 0.3) is 0 Å². The Bertz CT molecular complexity index is 792. The minimum absolute atomic E-state index is 0.00381. The first-order valence-corrected chi connectivity index (χ1v) is 7.66. The maximum absolute atomic E-state index is 13.6. The molecule has 0 heterocycles. The van der Waals surface area contributed by atoms with E-state index in [9.17, 15) is 27.2 Å². The fraction of sp³-hybridized carbons (Fsp3) is 0.125. The van der Waals surface area contributed by atoms with Crippen LogP contribution in [0.1, 0.15) is 20.7 Å². The van der Waals surface area contributed by atoms with Crippen LogP contribution in [-0.2, 0) is 0 Å². The average molecular weight is 419 g/mol. The molecular weight excluding hydrogens is 408 g/mol. The zero-order chi connectivity index (χ0) is 18.6. The van der Waals surface area contributed by atoms with Gasteiger partial charge >= 0.3 is 6.18 Å². The second-order valence-corrected chi connectivity index (χ2v) is 5.87. The Morgan fingerprint density at radius 3 is 2.24 bits per heavy atom. The van der Waals surface area contributed by atoms with Crippen LogP contribution in [0.5, 0.6) is 0 Å². The zero-order valence-electron chi connectivity index (χ0n) is 12.5. The lowest BCUT2D eigenvalue weighted by Crippen LogP contribution is -2.33. The number of carbonyl (C=O) groups excluding carboxylic acids is 2. The van der Waals surface area contributed by atoms with Crippen molar-refractivity contribution in [2.75, 3.05) is 11.9 Å². The summed E-state index contributed by atoms with van der Waals surface area (Å²) in [5, 5.41) is 4.17. The maximum atomic E-state index is 13.6. The summed E-state index contributed by atoms with van der Waals surface area (Å²) in [5.74, 6) is -2.30. The molecule has 2 rings (SSSR count). The molecule has 2 aromatic rings. The number of carbonyl (C=O) groups is 2. The number of benzene rings is 2. The highest BCUT2D eigenvalue weighted by atomic mass is 79.9. The highest BCUT2D eigenvalue weighted by Gasteiger charge is 2.27. The Kier molecular flexibility index (Phi) is 5.78. The largest absolute Gasteiger partial charge is 0.405 e. The van der Waals surface area contributed by atoms with Gasteiger partial charge in [0.05, 0.1) is 5.56 Å². The van der Waals surface area contributed by atoms with Crippen molar-refractivity contribution in [1.82, 2.24) is 5.32 Å². The number of rotatable bonds is 4. The number of anilines is 1. The molecule has 0 aromatic heterocycles. The number of halogens is 5. The second kappa shape index (κ2) is 7.64. The van der Waals surface area contributed by atoms with E-state index in [1.54, 1.807) is 5.32 Å². The van der Waals surface area contributed by atoms with E-state index < -0.39 is 30.4 Å². The smallest absolute Gasteiger partial charge is 0.343 e. The van der Waals surface area contributed by atoms with E-state index in [1.807, 2.05) is 0 Å². The Morgan fingerprint density at radius 1 is 1.00 bits per heavy atom. The van der Waals surface area contributed by atoms with Crippen LogP contribution >= 0.6 is 15.9 Å². The molecule has 0 saturated carbocycles. The Hall–Kier alpha value is -2.42. The summed E-state index contributed by atoms with van der Waals surface area (Å²) in [6, 6.07) is 9.04. The van der Waals surface area contributed by atoms with E-state index in [0.717, 1.165) is 6.07 Å². The van der Waals surface area contributed by atoms with Gasteiger partial charge in [0.2, 0.25) is 0 Å². The Labute approximate surface area is 148 Å². The summed E-state index contributed by atoms with van der Waals surface area (Å²) in [5.41, 5.74) is 0.0778. The van der Waals surface area contributed by atoms with Gasteiger partial charge in [-0.25, -0.2) is 4.39 Å². The first-order valence-electron chi connectivity index (χ1n) is 6.87. The summed E-state index contributed by atoms with van der Waals surface area (Å²) in [7, 11) is 0. The minimum atomic E-state index is -4.50. The third-order valence-corrected chi connectivity index (χ3v) is 3.52. The number of amides is 2. The molecule has 132 valence electrons. The molecule has 0 fully saturated rings. The van der Waals surface area contributed by atoms with Gasteiger partial charge < -0.3 is 10.6 Å². The monoisotopic (exact) mass is 418 g/mol. The number of nitrogens with one attached hydrogen (secondary N) is 2. The Morgan fingerprint density at radius 2 is 1.64 bits per heavy atom. The molecule has 9 heteroatoms. The number of alkyl halides is 3. The fourth-order valence-electron chi connectivity index (χ4n) is 1.86. The van der Waals surface area contributed by atoms with Crippen LogP contribution in [0.3, 0.4) is 0 Å². The molecule has 0 bridgehead atoms. The van der Waals surface area contributed by atoms with Gasteiger partial charge in [-0.2, -0.15) is 13.2 Å². The molecule has 0 unspecified atom stereocenters. The van der Waals surface area contributed by atoms with E-state index in [-0.39, 0.29) is 16.8 Å². The lowest BCUT2D eigenvalue weighted by molar-refractivity contribution is -0.123. The van der Waals surface area contributed by atoms with Crippen LogP contribution in [0, 0.1) is 5.82 Å². The predicted octanol–water partition coefficient (Wildman–Crippen LogP) is 4.13. The van der Waals surface area contributed by atoms with Gasteiger partial charge in [0.15, 0.2) is 0 Å². The van der Waals surface area contributed by atoms with E-state index in [2.05, 4.69) is 21.2 Å². The predicted molar refractivity (Wildman–Crippen MR) is 86.9 cm³/mol. The molecule has 0 aliphatic carbocycles. The zero-order valence-corrected chi connectivity index (χ0v) is 14.0. The molecule has 4 nitrogen and oxygen atoms in total. The molecule has 25 heavy (non-hydrogen) atoms. The van der Waals surface area contributed by atoms with E-state index in [4.69, 9.17) is 0 Å². The van der Waals surface area contributed by atoms with Crippen LogP contribution in [0.4, 0.5) is 23.2 Å². The molecular formula is C16H11BrF4N2O2. The first-order chi connectivity index (χ1) is 11.7. The van der Waals surface area contributed by atoms with Crippen LogP contribution in [0.2, 0.25) is 0 Å². The number of hydrogen-bond acceptors (Lipinski definition) is 2. The van der Waals surface area contributed by atoms with Crippen molar-refractivity contribution in [3.63, 3.8) is 0 Å². The van der Waals surface area contributed by atoms with Crippen LogP contribution < -0.4 is 10.6 Å². The summed E-state index contributed by atoms with van der Waals surface area (Å²) >= 11 is 3.13. The fourth-order valence-corrected chi connectivity index (χ4v) is 2.22. The second-order valence-electron chi connectivity index (χ2n) is 4.95. The highest BCUT2D eigenvalue weighted by molar-refractivity contribution is 9.10. The van der Waals surface area contributed by atoms with E-state index >= 15 is 0 Å². The molecule has 2 N–H and O–H groups in total. The summed E-state index contributed by atoms with van der Waals surface area (Å²) in [6.07, 6.45) is -4.50. The molecule has 0 atom stereocenters. The number of hydrogen-bond donors (Lipinski definition) is 2. The van der Waals surface area contributed by atoms with Crippen molar-refractivity contribution in [2.45, 2.75) is 6.18 Å². The van der Waals surface area contributed by atoms with Gasteiger partial charge in [-0.1, -0.05) is 15.9 Å². The average Bonchev–Trinajstić information content (AvgIpc) is 2.54. The van der Waals surface area contributed by atoms with Gasteiger partial charge in [-0.3, -0.25) is 9.59 Å². The Balaban J connectivity index is 2.04. The maximum Gasteiger partial charge on any atom is 0.405 e. The van der Waals surface area contributed by atoms with Gasteiger partial charge in [-0.15, -0.1) is 0 Å². The highest BCUT2D eigenvalue weighted by Crippen LogP contribution is 2.18. The standard InChI is InChI=1S/C16H11BrF4N2O2/c17-10-3-6-13(18)12(7-10)15(25)23-11-4-1-9(2-5-11)14(24)22-8-16(19,20)21/h1-7H,8H2,(H,22,24)(H,23,25). The third kappa shape index (κ3) is 5.56. The molecule has 2 aromatic carbocycles. The van der Waals surface area contributed by atoms with Crippen LogP contribution in [-0.4, -0.2) is 24.5 Å². The van der Waals surface area contributed by atoms with E-state index in [0.29, 0.717) is 4.47 Å². The molecule has 0 saturated heterocycles. The molecule has 0 radical (unpaired) electrons. The van der Waals surface area contributed by atoms with Crippen molar-refractivity contribution in [2.24, 2.45) is 0 Å². The molecule has 2 amide bonds. The first kappa shape index (κ1) is 18.9. The van der Waals surface area contributed by atoms with Crippen molar-refractivity contribution in [1.29, 1.82) is 0 Å². The topological polar surface area (TPSA) is 58.2 Å². The molecule has 0 spiro atoms. The lowest BCUT2D eigenvalue weighted by atomic mass is 10.1. The van der Waals surface area contributed by atoms with Gasteiger partial charge in [0.1, 0.15) is 12.4 Å². The minimum Gasteiger partial charge on any atom is -0.343 e. The summed E-state index contributed by atoms with van der Waals surface area (Å²) in [6.45, 7) is -1.44. The SMILES string of the molecule is O=C(NCC(F)(F)F)c1ccc(NC(=O)c2cc(Br)ccc2F)cc1. The van der Waals surface area contributed by atoms with Crippen molar-refractivity contribution < 1.29 is 27.2 Å². The van der Waals surface area contributed by atoms with Gasteiger partial charge in [-0.05, 0) is 42.5 Å². The molecule has 0 aliphatic rings. The van der Waals surface area contributed by atoms with Crippen molar-refractivity contribution >= 4 is 33.4 Å². The van der Waals surface area contributed by atoms with Gasteiger partial charge in [0, 0.05) is 15.7 Å². The molecule has 0 aliphatic heterocycles.